The molecule has 0 radical (unpaired) electrons. The van der Waals surface area contributed by atoms with Gasteiger partial charge in [-0.1, -0.05) is 58.4 Å². The number of aromatic nitrogens is 4. The van der Waals surface area contributed by atoms with Gasteiger partial charge in [0.15, 0.2) is 5.65 Å². The molecule has 2 aromatic heterocycles. The Morgan fingerprint density at radius 1 is 1.03 bits per heavy atom. The Morgan fingerprint density at radius 2 is 1.81 bits per heavy atom. The van der Waals surface area contributed by atoms with Gasteiger partial charge < -0.3 is 5.32 Å². The number of hydrogen-bond acceptors (Lipinski definition) is 4. The molecule has 0 saturated carbocycles. The number of benzene rings is 2. The van der Waals surface area contributed by atoms with Crippen molar-refractivity contribution in [1.29, 1.82) is 0 Å². The van der Waals surface area contributed by atoms with Crippen molar-refractivity contribution in [2.75, 3.05) is 6.54 Å². The number of rotatable bonds is 8. The third-order valence-electron chi connectivity index (χ3n) is 5.02. The molecule has 0 unspecified atom stereocenters. The summed E-state index contributed by atoms with van der Waals surface area (Å²) in [6.45, 7) is 1.31. The molecule has 1 amide bonds. The summed E-state index contributed by atoms with van der Waals surface area (Å²) in [6.07, 6.45) is 4.23. The summed E-state index contributed by atoms with van der Waals surface area (Å²) < 4.78 is 4.21. The maximum absolute atomic E-state index is 12.8. The predicted octanol–water partition coefficient (Wildman–Crippen LogP) is 3.15. The van der Waals surface area contributed by atoms with E-state index in [0.29, 0.717) is 43.5 Å². The zero-order valence-corrected chi connectivity index (χ0v) is 18.5. The van der Waals surface area contributed by atoms with Gasteiger partial charge in [-0.15, -0.1) is 0 Å². The van der Waals surface area contributed by atoms with E-state index in [2.05, 4.69) is 31.3 Å². The first kappa shape index (κ1) is 21.0. The Kier molecular flexibility index (Phi) is 6.57. The quantitative estimate of drug-likeness (QED) is 0.420. The van der Waals surface area contributed by atoms with Crippen molar-refractivity contribution in [3.05, 3.63) is 93.1 Å². The van der Waals surface area contributed by atoms with E-state index in [4.69, 9.17) is 0 Å². The van der Waals surface area contributed by atoms with Gasteiger partial charge in [0.1, 0.15) is 11.7 Å². The van der Waals surface area contributed by atoms with Gasteiger partial charge in [-0.05, 0) is 29.7 Å². The van der Waals surface area contributed by atoms with Crippen molar-refractivity contribution < 1.29 is 4.79 Å². The third kappa shape index (κ3) is 5.27. The molecule has 0 bridgehead atoms. The Hall–Kier alpha value is -3.26. The minimum Gasteiger partial charge on any atom is -0.354 e. The van der Waals surface area contributed by atoms with Crippen LogP contribution in [0.1, 0.15) is 17.5 Å². The fourth-order valence-electron chi connectivity index (χ4n) is 3.35. The molecule has 0 aliphatic carbocycles. The molecule has 2 heterocycles. The molecule has 0 atom stereocenters. The van der Waals surface area contributed by atoms with E-state index in [1.54, 1.807) is 21.8 Å². The Balaban J connectivity index is 1.35. The van der Waals surface area contributed by atoms with Crippen molar-refractivity contribution in [3.63, 3.8) is 0 Å². The summed E-state index contributed by atoms with van der Waals surface area (Å²) in [4.78, 5) is 29.3. The normalized spacial score (nSPS) is 11.0. The van der Waals surface area contributed by atoms with E-state index in [-0.39, 0.29) is 11.5 Å². The number of amides is 1. The second-order valence-electron chi connectivity index (χ2n) is 7.24. The van der Waals surface area contributed by atoms with Crippen LogP contribution in [-0.4, -0.2) is 31.8 Å². The smallest absolute Gasteiger partial charge is 0.264 e. The van der Waals surface area contributed by atoms with Gasteiger partial charge in [0, 0.05) is 17.4 Å². The number of hydrogen-bond donors (Lipinski definition) is 1. The van der Waals surface area contributed by atoms with E-state index in [1.807, 2.05) is 54.6 Å². The lowest BCUT2D eigenvalue weighted by Crippen LogP contribution is -2.28. The SMILES string of the molecule is O=C(CCc1ccccc1)NCCn1ncc2c(=O)n(Cc3ccc(Br)cc3)cnc21. The maximum Gasteiger partial charge on any atom is 0.264 e. The Bertz CT molecular complexity index is 1230. The van der Waals surface area contributed by atoms with Gasteiger partial charge in [-0.3, -0.25) is 14.2 Å². The van der Waals surface area contributed by atoms with Crippen LogP contribution in [0.3, 0.4) is 0 Å². The van der Waals surface area contributed by atoms with E-state index in [1.165, 1.54) is 0 Å². The summed E-state index contributed by atoms with van der Waals surface area (Å²) in [6, 6.07) is 17.7. The number of carbonyl (C=O) groups is 1. The lowest BCUT2D eigenvalue weighted by atomic mass is 10.1. The van der Waals surface area contributed by atoms with Crippen LogP contribution in [0.25, 0.3) is 11.0 Å². The molecule has 31 heavy (non-hydrogen) atoms. The topological polar surface area (TPSA) is 81.8 Å². The second kappa shape index (κ2) is 9.70. The van der Waals surface area contributed by atoms with Gasteiger partial charge in [-0.25, -0.2) is 9.67 Å². The summed E-state index contributed by atoms with van der Waals surface area (Å²) in [7, 11) is 0. The first-order valence-electron chi connectivity index (χ1n) is 10.1. The lowest BCUT2D eigenvalue weighted by molar-refractivity contribution is -0.121. The van der Waals surface area contributed by atoms with Crippen LogP contribution in [0.5, 0.6) is 0 Å². The third-order valence-corrected chi connectivity index (χ3v) is 5.55. The summed E-state index contributed by atoms with van der Waals surface area (Å²) in [5.41, 5.74) is 2.54. The first-order chi connectivity index (χ1) is 15.1. The summed E-state index contributed by atoms with van der Waals surface area (Å²) in [5.74, 6) is -0.00914. The summed E-state index contributed by atoms with van der Waals surface area (Å²) in [5, 5.41) is 7.66. The highest BCUT2D eigenvalue weighted by atomic mass is 79.9. The van der Waals surface area contributed by atoms with Gasteiger partial charge in [0.2, 0.25) is 5.91 Å². The molecule has 8 heteroatoms. The number of carbonyl (C=O) groups excluding carboxylic acids is 1. The Labute approximate surface area is 187 Å². The lowest BCUT2D eigenvalue weighted by Gasteiger charge is -2.08. The van der Waals surface area contributed by atoms with E-state index < -0.39 is 0 Å². The number of nitrogens with one attached hydrogen (secondary N) is 1. The van der Waals surface area contributed by atoms with Crippen molar-refractivity contribution in [2.45, 2.75) is 25.9 Å². The average Bonchev–Trinajstić information content (AvgIpc) is 3.20. The molecule has 0 spiro atoms. The zero-order chi connectivity index (χ0) is 21.6. The zero-order valence-electron chi connectivity index (χ0n) is 16.9. The van der Waals surface area contributed by atoms with Gasteiger partial charge in [0.05, 0.1) is 19.3 Å². The van der Waals surface area contributed by atoms with E-state index in [9.17, 15) is 9.59 Å². The highest BCUT2D eigenvalue weighted by Crippen LogP contribution is 2.12. The molecule has 7 nitrogen and oxygen atoms in total. The average molecular weight is 480 g/mol. The second-order valence-corrected chi connectivity index (χ2v) is 8.16. The highest BCUT2D eigenvalue weighted by molar-refractivity contribution is 9.10. The number of halogens is 1. The molecular weight excluding hydrogens is 458 g/mol. The molecule has 0 fully saturated rings. The van der Waals surface area contributed by atoms with E-state index in [0.717, 1.165) is 15.6 Å². The van der Waals surface area contributed by atoms with Crippen LogP contribution in [-0.2, 0) is 24.3 Å². The molecule has 4 rings (SSSR count). The minimum absolute atomic E-state index is 0.00914. The molecule has 0 aliphatic heterocycles. The van der Waals surface area contributed by atoms with Gasteiger partial charge >= 0.3 is 0 Å². The molecule has 0 aliphatic rings. The number of nitrogens with zero attached hydrogens (tertiary/aromatic N) is 4. The van der Waals surface area contributed by atoms with Crippen molar-refractivity contribution in [3.8, 4) is 0 Å². The minimum atomic E-state index is -0.133. The van der Waals surface area contributed by atoms with Crippen LogP contribution in [0, 0.1) is 0 Å². The number of aryl methyl sites for hydroxylation is 1. The van der Waals surface area contributed by atoms with E-state index >= 15 is 0 Å². The largest absolute Gasteiger partial charge is 0.354 e. The van der Waals surface area contributed by atoms with Crippen LogP contribution in [0.4, 0.5) is 0 Å². The van der Waals surface area contributed by atoms with Crippen molar-refractivity contribution in [1.82, 2.24) is 24.6 Å². The standard InChI is InChI=1S/C23H22BrN5O2/c24-19-9-6-18(7-10-19)15-28-16-26-22-20(23(28)31)14-27-29(22)13-12-25-21(30)11-8-17-4-2-1-3-5-17/h1-7,9-10,14,16H,8,11-13,15H2,(H,25,30). The molecular formula is C23H22BrN5O2. The monoisotopic (exact) mass is 479 g/mol. The number of fused-ring (bicyclic) bond motifs is 1. The van der Waals surface area contributed by atoms with Crippen LogP contribution in [0.15, 0.2) is 76.4 Å². The molecule has 1 N–H and O–H groups in total. The molecule has 4 aromatic rings. The maximum atomic E-state index is 12.8. The van der Waals surface area contributed by atoms with Crippen LogP contribution >= 0.6 is 15.9 Å². The van der Waals surface area contributed by atoms with Crippen molar-refractivity contribution >= 4 is 32.9 Å². The fourth-order valence-corrected chi connectivity index (χ4v) is 3.62. The molecule has 0 saturated heterocycles. The highest BCUT2D eigenvalue weighted by Gasteiger charge is 2.11. The molecule has 2 aromatic carbocycles. The van der Waals surface area contributed by atoms with Crippen molar-refractivity contribution in [2.24, 2.45) is 0 Å². The van der Waals surface area contributed by atoms with Gasteiger partial charge in [-0.2, -0.15) is 5.10 Å². The summed E-state index contributed by atoms with van der Waals surface area (Å²) >= 11 is 3.41. The Morgan fingerprint density at radius 3 is 2.58 bits per heavy atom. The van der Waals surface area contributed by atoms with Crippen LogP contribution < -0.4 is 10.9 Å². The molecule has 158 valence electrons. The van der Waals surface area contributed by atoms with Crippen LogP contribution in [0.2, 0.25) is 0 Å². The first-order valence-corrected chi connectivity index (χ1v) is 10.9. The predicted molar refractivity (Wildman–Crippen MR) is 123 cm³/mol. The van der Waals surface area contributed by atoms with Gasteiger partial charge in [0.25, 0.3) is 5.56 Å². The fraction of sp³-hybridized carbons (Fsp3) is 0.217.